The van der Waals surface area contributed by atoms with Crippen LogP contribution < -0.4 is 0 Å². The summed E-state index contributed by atoms with van der Waals surface area (Å²) in [4.78, 5) is 8.31. The molecule has 0 saturated carbocycles. The first-order chi connectivity index (χ1) is 5.70. The Hall–Kier alpha value is -0.800. The van der Waals surface area contributed by atoms with E-state index in [1.807, 2.05) is 0 Å². The summed E-state index contributed by atoms with van der Waals surface area (Å²) in [5.74, 6) is 0. The smallest absolute Gasteiger partial charge is 0.364 e. The lowest BCUT2D eigenvalue weighted by atomic mass is 10.2. The lowest BCUT2D eigenvalue weighted by molar-refractivity contribution is -0.0207. The molecule has 4 nitrogen and oxygen atoms in total. The Morgan fingerprint density at radius 1 is 1.33 bits per heavy atom. The van der Waals surface area contributed by atoms with E-state index < -0.39 is 14.5 Å². The van der Waals surface area contributed by atoms with Crippen LogP contribution in [0.25, 0.3) is 0 Å². The zero-order valence-electron chi connectivity index (χ0n) is 6.12. The number of hydrogen-bond donors (Lipinski definition) is 2. The van der Waals surface area contributed by atoms with Crippen molar-refractivity contribution < 1.29 is 19.1 Å². The Morgan fingerprint density at radius 2 is 1.92 bits per heavy atom. The van der Waals surface area contributed by atoms with E-state index in [-0.39, 0.29) is 0 Å². The van der Waals surface area contributed by atoms with Crippen LogP contribution in [0.2, 0.25) is 0 Å². The molecule has 2 unspecified atom stereocenters. The number of benzene rings is 1. The van der Waals surface area contributed by atoms with Crippen molar-refractivity contribution in [2.75, 3.05) is 0 Å². The number of rotatable bonds is 3. The normalized spacial score (nSPS) is 14.0. The van der Waals surface area contributed by atoms with Crippen molar-refractivity contribution in [1.29, 1.82) is 0 Å². The summed E-state index contributed by atoms with van der Waals surface area (Å²) in [6.45, 7) is 0. The van der Waals surface area contributed by atoms with Gasteiger partial charge in [-0.25, -0.2) is 9.09 Å². The maximum atomic E-state index is 10.1. The fraction of sp³-hybridized carbons (Fsp3) is 0.143. The van der Waals surface area contributed by atoms with Crippen molar-refractivity contribution >= 4 is 8.25 Å². The van der Waals surface area contributed by atoms with Gasteiger partial charge < -0.3 is 5.11 Å². The van der Waals surface area contributed by atoms with Gasteiger partial charge in [-0.15, -0.1) is 0 Å². The lowest BCUT2D eigenvalue weighted by Gasteiger charge is -2.07. The molecule has 1 aromatic rings. The molecular weight excluding hydrogens is 179 g/mol. The van der Waals surface area contributed by atoms with E-state index in [2.05, 4.69) is 4.52 Å². The Labute approximate surface area is 70.4 Å². The molecule has 1 aromatic carbocycles. The van der Waals surface area contributed by atoms with Gasteiger partial charge in [0.2, 0.25) is 0 Å². The third kappa shape index (κ3) is 2.68. The highest BCUT2D eigenvalue weighted by Crippen LogP contribution is 2.25. The van der Waals surface area contributed by atoms with Gasteiger partial charge in [0, 0.05) is 5.56 Å². The molecule has 12 heavy (non-hydrogen) atoms. The zero-order valence-corrected chi connectivity index (χ0v) is 7.02. The molecule has 2 N–H and O–H groups in total. The van der Waals surface area contributed by atoms with Crippen LogP contribution in [0.4, 0.5) is 0 Å². The summed E-state index contributed by atoms with van der Waals surface area (Å²) in [7, 11) is -2.76. The van der Waals surface area contributed by atoms with Crippen molar-refractivity contribution in [3.8, 4) is 0 Å². The van der Waals surface area contributed by atoms with Crippen LogP contribution in [-0.2, 0) is 9.09 Å². The molecular formula is C7H8O4P. The highest BCUT2D eigenvalue weighted by atomic mass is 31.1. The van der Waals surface area contributed by atoms with E-state index in [0.717, 1.165) is 0 Å². The van der Waals surface area contributed by atoms with Crippen LogP contribution in [0.15, 0.2) is 30.3 Å². The molecule has 0 amide bonds. The predicted molar refractivity (Wildman–Crippen MR) is 42.3 cm³/mol. The minimum absolute atomic E-state index is 0.454. The molecule has 0 saturated heterocycles. The molecule has 65 valence electrons. The van der Waals surface area contributed by atoms with E-state index in [9.17, 15) is 4.57 Å². The third-order valence-electron chi connectivity index (χ3n) is 1.27. The largest absolute Gasteiger partial charge is 0.368 e. The molecule has 1 radical (unpaired) electrons. The average Bonchev–Trinajstić information content (AvgIpc) is 2.05. The first-order valence-electron chi connectivity index (χ1n) is 3.26. The first-order valence-corrected chi connectivity index (χ1v) is 4.39. The molecule has 0 heterocycles. The second-order valence-electron chi connectivity index (χ2n) is 2.11. The van der Waals surface area contributed by atoms with Gasteiger partial charge in [0.15, 0.2) is 6.29 Å². The summed E-state index contributed by atoms with van der Waals surface area (Å²) in [5, 5.41) is 9.12. The van der Waals surface area contributed by atoms with Gasteiger partial charge in [0.1, 0.15) is 0 Å². The molecule has 0 fully saturated rings. The summed E-state index contributed by atoms with van der Waals surface area (Å²) in [5.41, 5.74) is 0.454. The number of aliphatic hydroxyl groups excluding tert-OH is 1. The van der Waals surface area contributed by atoms with Gasteiger partial charge in [-0.3, -0.25) is 4.89 Å². The van der Waals surface area contributed by atoms with E-state index in [4.69, 9.17) is 10.00 Å². The van der Waals surface area contributed by atoms with Crippen molar-refractivity contribution in [1.82, 2.24) is 0 Å². The van der Waals surface area contributed by atoms with Crippen molar-refractivity contribution in [2.45, 2.75) is 6.29 Å². The Kier molecular flexibility index (Phi) is 3.31. The van der Waals surface area contributed by atoms with Crippen LogP contribution in [0.1, 0.15) is 11.9 Å². The Morgan fingerprint density at radius 3 is 2.42 bits per heavy atom. The van der Waals surface area contributed by atoms with Gasteiger partial charge in [-0.1, -0.05) is 30.3 Å². The molecule has 0 aliphatic rings. The highest BCUT2D eigenvalue weighted by molar-refractivity contribution is 7.32. The highest BCUT2D eigenvalue weighted by Gasteiger charge is 2.09. The van der Waals surface area contributed by atoms with Gasteiger partial charge in [0.25, 0.3) is 0 Å². The van der Waals surface area contributed by atoms with Gasteiger partial charge in [-0.05, 0) is 0 Å². The van der Waals surface area contributed by atoms with Crippen LogP contribution in [-0.4, -0.2) is 10.00 Å². The fourth-order valence-corrected chi connectivity index (χ4v) is 1.06. The van der Waals surface area contributed by atoms with E-state index >= 15 is 0 Å². The molecule has 0 aromatic heterocycles. The monoisotopic (exact) mass is 187 g/mol. The molecule has 0 spiro atoms. The van der Waals surface area contributed by atoms with Gasteiger partial charge >= 0.3 is 8.25 Å². The minimum atomic E-state index is -2.76. The van der Waals surface area contributed by atoms with Crippen LogP contribution in [0.5, 0.6) is 0 Å². The molecule has 1 rings (SSSR count). The summed E-state index contributed by atoms with van der Waals surface area (Å²) in [6, 6.07) is 8.38. The van der Waals surface area contributed by atoms with Crippen LogP contribution >= 0.6 is 8.25 Å². The predicted octanol–water partition coefficient (Wildman–Crippen LogP) is 1.34. The maximum absolute atomic E-state index is 10.1. The van der Waals surface area contributed by atoms with Crippen molar-refractivity contribution in [3.05, 3.63) is 35.9 Å². The first kappa shape index (κ1) is 9.29. The summed E-state index contributed by atoms with van der Waals surface area (Å²) in [6.07, 6.45) is -1.33. The standard InChI is InChI=1S/C7H8O4P/c8-7(11-12(9)10)6-4-2-1-3-5-6/h1-5,7-8H,(H,9,10). The average molecular weight is 187 g/mol. The van der Waals surface area contributed by atoms with Gasteiger partial charge in [-0.2, -0.15) is 0 Å². The van der Waals surface area contributed by atoms with Crippen LogP contribution in [0.3, 0.4) is 0 Å². The quantitative estimate of drug-likeness (QED) is 0.553. The molecule has 2 atom stereocenters. The fourth-order valence-electron chi connectivity index (χ4n) is 0.764. The van der Waals surface area contributed by atoms with Crippen molar-refractivity contribution in [3.63, 3.8) is 0 Å². The topological polar surface area (TPSA) is 66.8 Å². The number of aliphatic hydroxyl groups is 1. The molecule has 0 aliphatic carbocycles. The third-order valence-corrected chi connectivity index (χ3v) is 1.65. The molecule has 0 aliphatic heterocycles. The second kappa shape index (κ2) is 4.28. The summed E-state index contributed by atoms with van der Waals surface area (Å²) < 4.78 is 14.4. The maximum Gasteiger partial charge on any atom is 0.368 e. The van der Waals surface area contributed by atoms with Gasteiger partial charge in [0.05, 0.1) is 0 Å². The Balaban J connectivity index is 2.65. The summed E-state index contributed by atoms with van der Waals surface area (Å²) >= 11 is 0. The Bertz CT molecular complexity index is 261. The SMILES string of the molecule is O=[P](O)OC(O)c1ccccc1. The van der Waals surface area contributed by atoms with E-state index in [1.165, 1.54) is 0 Å². The zero-order chi connectivity index (χ0) is 8.97. The van der Waals surface area contributed by atoms with E-state index in [1.54, 1.807) is 30.3 Å². The molecule has 0 bridgehead atoms. The number of hydrogen-bond acceptors (Lipinski definition) is 3. The lowest BCUT2D eigenvalue weighted by Crippen LogP contribution is -1.96. The minimum Gasteiger partial charge on any atom is -0.364 e. The second-order valence-corrected chi connectivity index (χ2v) is 2.79. The van der Waals surface area contributed by atoms with Crippen molar-refractivity contribution in [2.24, 2.45) is 0 Å². The molecule has 5 heteroatoms. The van der Waals surface area contributed by atoms with E-state index in [0.29, 0.717) is 5.56 Å². The van der Waals surface area contributed by atoms with Crippen LogP contribution in [0, 0.1) is 0 Å².